The first-order valence-electron chi connectivity index (χ1n) is 5.25. The van der Waals surface area contributed by atoms with Gasteiger partial charge in [0.2, 0.25) is 0 Å². The predicted molar refractivity (Wildman–Crippen MR) is 64.6 cm³/mol. The molecule has 0 aliphatic carbocycles. The summed E-state index contributed by atoms with van der Waals surface area (Å²) in [6.07, 6.45) is 0.577. The molecule has 0 aliphatic rings. The molecular formula is C12H18N2O2. The molecule has 0 amide bonds. The zero-order chi connectivity index (χ0) is 12.1. The van der Waals surface area contributed by atoms with Crippen LogP contribution in [0.3, 0.4) is 0 Å². The lowest BCUT2D eigenvalue weighted by Gasteiger charge is -2.15. The first kappa shape index (κ1) is 12.5. The summed E-state index contributed by atoms with van der Waals surface area (Å²) in [5, 5.41) is 8.56. The molecule has 0 heterocycles. The van der Waals surface area contributed by atoms with E-state index in [2.05, 4.69) is 0 Å². The van der Waals surface area contributed by atoms with E-state index in [9.17, 15) is 4.79 Å². The lowest BCUT2D eigenvalue weighted by atomic mass is 10.0. The van der Waals surface area contributed by atoms with E-state index in [4.69, 9.17) is 10.8 Å². The highest BCUT2D eigenvalue weighted by Crippen LogP contribution is 2.19. The van der Waals surface area contributed by atoms with E-state index in [1.165, 1.54) is 0 Å². The average molecular weight is 222 g/mol. The average Bonchev–Trinajstić information content (AvgIpc) is 2.26. The number of anilines is 1. The summed E-state index contributed by atoms with van der Waals surface area (Å²) in [7, 11) is 3.94. The molecule has 16 heavy (non-hydrogen) atoms. The maximum Gasteiger partial charge on any atom is 0.303 e. The third kappa shape index (κ3) is 3.55. The van der Waals surface area contributed by atoms with Gasteiger partial charge in [-0.25, -0.2) is 0 Å². The van der Waals surface area contributed by atoms with Crippen LogP contribution in [0.1, 0.15) is 24.4 Å². The Hall–Kier alpha value is -1.55. The fourth-order valence-electron chi connectivity index (χ4n) is 1.47. The summed E-state index contributed by atoms with van der Waals surface area (Å²) in [4.78, 5) is 12.4. The van der Waals surface area contributed by atoms with Crippen molar-refractivity contribution in [2.45, 2.75) is 18.9 Å². The molecule has 0 bridgehead atoms. The normalized spacial score (nSPS) is 12.2. The van der Waals surface area contributed by atoms with Crippen molar-refractivity contribution in [2.24, 2.45) is 5.73 Å². The van der Waals surface area contributed by atoms with Crippen molar-refractivity contribution >= 4 is 11.7 Å². The van der Waals surface area contributed by atoms with E-state index in [1.807, 2.05) is 43.3 Å². The van der Waals surface area contributed by atoms with Gasteiger partial charge in [0.15, 0.2) is 0 Å². The van der Waals surface area contributed by atoms with E-state index in [0.717, 1.165) is 11.3 Å². The Morgan fingerprint density at radius 1 is 1.38 bits per heavy atom. The second-order valence-corrected chi connectivity index (χ2v) is 4.02. The second-order valence-electron chi connectivity index (χ2n) is 4.02. The predicted octanol–water partition coefficient (Wildman–Crippen LogP) is 1.62. The number of benzene rings is 1. The van der Waals surface area contributed by atoms with Gasteiger partial charge >= 0.3 is 5.97 Å². The van der Waals surface area contributed by atoms with E-state index < -0.39 is 5.97 Å². The summed E-state index contributed by atoms with van der Waals surface area (Å²) in [6, 6.07) is 7.66. The van der Waals surface area contributed by atoms with Gasteiger partial charge in [0.1, 0.15) is 0 Å². The maximum atomic E-state index is 10.4. The molecular weight excluding hydrogens is 204 g/mol. The fourth-order valence-corrected chi connectivity index (χ4v) is 1.47. The number of aliphatic carboxylic acids is 1. The standard InChI is InChI=1S/C12H18N2O2/c1-14(2)10-5-3-9(4-6-10)11(13)7-8-12(15)16/h3-6,11H,7-8,13H2,1-2H3,(H,15,16). The van der Waals surface area contributed by atoms with Crippen LogP contribution in [0.4, 0.5) is 5.69 Å². The molecule has 0 saturated carbocycles. The minimum Gasteiger partial charge on any atom is -0.481 e. The van der Waals surface area contributed by atoms with E-state index in [1.54, 1.807) is 0 Å². The van der Waals surface area contributed by atoms with Gasteiger partial charge in [0.25, 0.3) is 0 Å². The molecule has 0 radical (unpaired) electrons. The highest BCUT2D eigenvalue weighted by molar-refractivity contribution is 5.66. The van der Waals surface area contributed by atoms with E-state index >= 15 is 0 Å². The van der Waals surface area contributed by atoms with Gasteiger partial charge in [-0.15, -0.1) is 0 Å². The van der Waals surface area contributed by atoms with Crippen molar-refractivity contribution in [3.8, 4) is 0 Å². The summed E-state index contributed by atoms with van der Waals surface area (Å²) in [6.45, 7) is 0. The first-order chi connectivity index (χ1) is 7.50. The van der Waals surface area contributed by atoms with Gasteiger partial charge in [0.05, 0.1) is 0 Å². The first-order valence-corrected chi connectivity index (χ1v) is 5.25. The van der Waals surface area contributed by atoms with Crippen molar-refractivity contribution in [3.63, 3.8) is 0 Å². The van der Waals surface area contributed by atoms with Gasteiger partial charge in [0, 0.05) is 32.2 Å². The largest absolute Gasteiger partial charge is 0.481 e. The van der Waals surface area contributed by atoms with Crippen LogP contribution in [0.15, 0.2) is 24.3 Å². The van der Waals surface area contributed by atoms with Crippen LogP contribution in [0, 0.1) is 0 Å². The van der Waals surface area contributed by atoms with Crippen LogP contribution in [0.25, 0.3) is 0 Å². The molecule has 3 N–H and O–H groups in total. The molecule has 1 atom stereocenters. The molecule has 0 saturated heterocycles. The fraction of sp³-hybridized carbons (Fsp3) is 0.417. The number of nitrogens with two attached hydrogens (primary N) is 1. The molecule has 4 nitrogen and oxygen atoms in total. The molecule has 1 aromatic carbocycles. The number of carbonyl (C=O) groups is 1. The summed E-state index contributed by atoms with van der Waals surface area (Å²) < 4.78 is 0. The topological polar surface area (TPSA) is 66.6 Å². The van der Waals surface area contributed by atoms with Crippen LogP contribution in [-0.2, 0) is 4.79 Å². The lowest BCUT2D eigenvalue weighted by Crippen LogP contribution is -2.13. The number of nitrogens with zero attached hydrogens (tertiary/aromatic N) is 1. The Labute approximate surface area is 95.7 Å². The number of carboxylic acids is 1. The number of hydrogen-bond donors (Lipinski definition) is 2. The summed E-state index contributed by atoms with van der Waals surface area (Å²) in [5.41, 5.74) is 7.98. The van der Waals surface area contributed by atoms with Gasteiger partial charge in [-0.05, 0) is 24.1 Å². The van der Waals surface area contributed by atoms with Crippen LogP contribution >= 0.6 is 0 Å². The molecule has 0 spiro atoms. The van der Waals surface area contributed by atoms with E-state index in [0.29, 0.717) is 6.42 Å². The van der Waals surface area contributed by atoms with Crippen LogP contribution < -0.4 is 10.6 Å². The molecule has 1 unspecified atom stereocenters. The third-order valence-corrected chi connectivity index (χ3v) is 2.51. The minimum absolute atomic E-state index is 0.108. The van der Waals surface area contributed by atoms with Gasteiger partial charge in [-0.3, -0.25) is 4.79 Å². The highest BCUT2D eigenvalue weighted by Gasteiger charge is 2.08. The van der Waals surface area contributed by atoms with Crippen molar-refractivity contribution in [3.05, 3.63) is 29.8 Å². The zero-order valence-electron chi connectivity index (χ0n) is 9.68. The second kappa shape index (κ2) is 5.51. The van der Waals surface area contributed by atoms with Crippen molar-refractivity contribution in [1.29, 1.82) is 0 Å². The Morgan fingerprint density at radius 3 is 2.38 bits per heavy atom. The number of carboxylic acid groups (broad SMARTS) is 1. The molecule has 88 valence electrons. The molecule has 4 heteroatoms. The number of hydrogen-bond acceptors (Lipinski definition) is 3. The smallest absolute Gasteiger partial charge is 0.303 e. The summed E-state index contributed by atoms with van der Waals surface area (Å²) >= 11 is 0. The maximum absolute atomic E-state index is 10.4. The van der Waals surface area contributed by atoms with Crippen LogP contribution in [0.5, 0.6) is 0 Å². The molecule has 0 aliphatic heterocycles. The van der Waals surface area contributed by atoms with Crippen LogP contribution in [0.2, 0.25) is 0 Å². The monoisotopic (exact) mass is 222 g/mol. The molecule has 1 aromatic rings. The van der Waals surface area contributed by atoms with Crippen molar-refractivity contribution < 1.29 is 9.90 Å². The molecule has 0 aromatic heterocycles. The van der Waals surface area contributed by atoms with Crippen molar-refractivity contribution in [2.75, 3.05) is 19.0 Å². The third-order valence-electron chi connectivity index (χ3n) is 2.51. The number of rotatable bonds is 5. The van der Waals surface area contributed by atoms with Crippen LogP contribution in [-0.4, -0.2) is 25.2 Å². The van der Waals surface area contributed by atoms with E-state index in [-0.39, 0.29) is 12.5 Å². The minimum atomic E-state index is -0.805. The Kier molecular flexibility index (Phi) is 4.31. The Bertz CT molecular complexity index is 347. The Balaban J connectivity index is 2.62. The zero-order valence-corrected chi connectivity index (χ0v) is 9.68. The van der Waals surface area contributed by atoms with Gasteiger partial charge in [-0.2, -0.15) is 0 Å². The van der Waals surface area contributed by atoms with Crippen molar-refractivity contribution in [1.82, 2.24) is 0 Å². The molecule has 1 rings (SSSR count). The Morgan fingerprint density at radius 2 is 1.94 bits per heavy atom. The lowest BCUT2D eigenvalue weighted by molar-refractivity contribution is -0.137. The quantitative estimate of drug-likeness (QED) is 0.794. The van der Waals surface area contributed by atoms with Gasteiger partial charge < -0.3 is 15.7 Å². The SMILES string of the molecule is CN(C)c1ccc(C(N)CCC(=O)O)cc1. The van der Waals surface area contributed by atoms with Gasteiger partial charge in [-0.1, -0.05) is 12.1 Å². The highest BCUT2D eigenvalue weighted by atomic mass is 16.4. The summed E-state index contributed by atoms with van der Waals surface area (Å²) in [5.74, 6) is -0.805. The molecule has 0 fully saturated rings.